The summed E-state index contributed by atoms with van der Waals surface area (Å²) < 4.78 is 21.5. The first kappa shape index (κ1) is 14.3. The molecule has 1 heterocycles. The van der Waals surface area contributed by atoms with E-state index in [1.54, 1.807) is 27.6 Å². The zero-order valence-electron chi connectivity index (χ0n) is 12.1. The van der Waals surface area contributed by atoms with Crippen molar-refractivity contribution in [3.63, 3.8) is 0 Å². The molecule has 2 aromatic rings. The summed E-state index contributed by atoms with van der Waals surface area (Å²) in [7, 11) is 6.66. The summed E-state index contributed by atoms with van der Waals surface area (Å²) in [4.78, 5) is 0. The number of furan rings is 1. The maximum absolute atomic E-state index is 5.47. The van der Waals surface area contributed by atoms with Gasteiger partial charge in [-0.25, -0.2) is 0 Å². The summed E-state index contributed by atoms with van der Waals surface area (Å²) in [6, 6.07) is 7.51. The summed E-state index contributed by atoms with van der Waals surface area (Å²) in [5.41, 5.74) is 0.969. The molecule has 1 aromatic heterocycles. The Balaban J connectivity index is 2.50. The van der Waals surface area contributed by atoms with Gasteiger partial charge in [-0.2, -0.15) is 0 Å². The average molecular weight is 277 g/mol. The molecule has 0 fully saturated rings. The van der Waals surface area contributed by atoms with Gasteiger partial charge in [0, 0.05) is 0 Å². The van der Waals surface area contributed by atoms with Crippen LogP contribution in [-0.2, 0) is 0 Å². The number of methoxy groups -OCH3 is 3. The second kappa shape index (κ2) is 6.34. The maximum Gasteiger partial charge on any atom is 0.203 e. The predicted molar refractivity (Wildman–Crippen MR) is 75.7 cm³/mol. The van der Waals surface area contributed by atoms with Gasteiger partial charge in [0.15, 0.2) is 11.5 Å². The van der Waals surface area contributed by atoms with Crippen molar-refractivity contribution in [2.45, 2.75) is 6.04 Å². The number of rotatable bonds is 6. The van der Waals surface area contributed by atoms with E-state index in [-0.39, 0.29) is 6.04 Å². The van der Waals surface area contributed by atoms with Crippen LogP contribution >= 0.6 is 0 Å². The molecule has 5 nitrogen and oxygen atoms in total. The van der Waals surface area contributed by atoms with Gasteiger partial charge < -0.3 is 23.9 Å². The van der Waals surface area contributed by atoms with Gasteiger partial charge in [-0.15, -0.1) is 0 Å². The first-order valence-electron chi connectivity index (χ1n) is 6.25. The van der Waals surface area contributed by atoms with E-state index >= 15 is 0 Å². The summed E-state index contributed by atoms with van der Waals surface area (Å²) in [6.07, 6.45) is 1.65. The molecule has 0 bridgehead atoms. The number of nitrogens with one attached hydrogen (secondary N) is 1. The highest BCUT2D eigenvalue weighted by atomic mass is 16.5. The minimum atomic E-state index is -0.0845. The van der Waals surface area contributed by atoms with Crippen LogP contribution in [0.3, 0.4) is 0 Å². The molecule has 108 valence electrons. The van der Waals surface area contributed by atoms with Gasteiger partial charge in [0.05, 0.1) is 33.6 Å². The number of ether oxygens (including phenoxy) is 3. The monoisotopic (exact) mass is 277 g/mol. The number of hydrogen-bond donors (Lipinski definition) is 1. The molecular weight excluding hydrogens is 258 g/mol. The third kappa shape index (κ3) is 2.58. The summed E-state index contributed by atoms with van der Waals surface area (Å²) in [6.45, 7) is 0. The summed E-state index contributed by atoms with van der Waals surface area (Å²) in [5, 5.41) is 3.22. The molecule has 0 aliphatic heterocycles. The topological polar surface area (TPSA) is 52.9 Å². The molecule has 1 aromatic carbocycles. The molecule has 1 unspecified atom stereocenters. The van der Waals surface area contributed by atoms with E-state index in [0.29, 0.717) is 17.2 Å². The van der Waals surface area contributed by atoms with Crippen LogP contribution in [0, 0.1) is 0 Å². The Morgan fingerprint density at radius 1 is 1.05 bits per heavy atom. The third-order valence-electron chi connectivity index (χ3n) is 3.14. The normalized spacial score (nSPS) is 12.0. The van der Waals surface area contributed by atoms with Gasteiger partial charge in [-0.05, 0) is 36.9 Å². The molecule has 2 rings (SSSR count). The smallest absolute Gasteiger partial charge is 0.203 e. The Hall–Kier alpha value is -2.14. The molecule has 0 aliphatic carbocycles. The van der Waals surface area contributed by atoms with E-state index in [1.165, 1.54) is 0 Å². The van der Waals surface area contributed by atoms with Crippen LogP contribution in [0.4, 0.5) is 0 Å². The molecular formula is C15H19NO4. The molecule has 0 amide bonds. The lowest BCUT2D eigenvalue weighted by molar-refractivity contribution is 0.323. The zero-order valence-corrected chi connectivity index (χ0v) is 12.1. The first-order valence-corrected chi connectivity index (χ1v) is 6.25. The minimum absolute atomic E-state index is 0.0845. The zero-order chi connectivity index (χ0) is 14.5. The molecule has 1 N–H and O–H groups in total. The highest BCUT2D eigenvalue weighted by Crippen LogP contribution is 2.40. The molecule has 5 heteroatoms. The highest BCUT2D eigenvalue weighted by molar-refractivity contribution is 5.55. The molecule has 0 radical (unpaired) electrons. The number of hydrogen-bond acceptors (Lipinski definition) is 5. The minimum Gasteiger partial charge on any atom is -0.493 e. The van der Waals surface area contributed by atoms with Crippen molar-refractivity contribution in [1.82, 2.24) is 5.32 Å². The van der Waals surface area contributed by atoms with Crippen molar-refractivity contribution in [2.24, 2.45) is 0 Å². The Morgan fingerprint density at radius 2 is 1.70 bits per heavy atom. The molecule has 1 atom stereocenters. The van der Waals surface area contributed by atoms with Crippen LogP contribution in [0.25, 0.3) is 0 Å². The van der Waals surface area contributed by atoms with Crippen LogP contribution in [0.15, 0.2) is 34.9 Å². The van der Waals surface area contributed by atoms with Crippen LogP contribution in [0.5, 0.6) is 17.2 Å². The van der Waals surface area contributed by atoms with Crippen LogP contribution in [0.2, 0.25) is 0 Å². The Bertz CT molecular complexity index is 526. The van der Waals surface area contributed by atoms with E-state index < -0.39 is 0 Å². The van der Waals surface area contributed by atoms with Crippen LogP contribution < -0.4 is 19.5 Å². The lowest BCUT2D eigenvalue weighted by Gasteiger charge is -2.18. The maximum atomic E-state index is 5.47. The third-order valence-corrected chi connectivity index (χ3v) is 3.14. The fourth-order valence-electron chi connectivity index (χ4n) is 2.20. The van der Waals surface area contributed by atoms with Crippen molar-refractivity contribution in [2.75, 3.05) is 28.4 Å². The summed E-state index contributed by atoms with van der Waals surface area (Å²) >= 11 is 0. The van der Waals surface area contributed by atoms with E-state index in [0.717, 1.165) is 11.3 Å². The Labute approximate surface area is 118 Å². The van der Waals surface area contributed by atoms with Crippen molar-refractivity contribution in [3.05, 3.63) is 41.9 Å². The largest absolute Gasteiger partial charge is 0.493 e. The lowest BCUT2D eigenvalue weighted by atomic mass is 10.0. The van der Waals surface area contributed by atoms with Crippen molar-refractivity contribution < 1.29 is 18.6 Å². The SMILES string of the molecule is CNC(c1cc(OC)c(OC)c(OC)c1)c1ccco1. The fourth-order valence-corrected chi connectivity index (χ4v) is 2.20. The average Bonchev–Trinajstić information content (AvgIpc) is 3.00. The van der Waals surface area contributed by atoms with E-state index in [1.807, 2.05) is 31.3 Å². The van der Waals surface area contributed by atoms with Crippen molar-refractivity contribution >= 4 is 0 Å². The molecule has 0 spiro atoms. The second-order valence-electron chi connectivity index (χ2n) is 4.20. The van der Waals surface area contributed by atoms with Crippen molar-refractivity contribution in [1.29, 1.82) is 0 Å². The standard InChI is InChI=1S/C15H19NO4/c1-16-14(11-6-5-7-20-11)10-8-12(17-2)15(19-4)13(9-10)18-3/h5-9,14,16H,1-4H3. The summed E-state index contributed by atoms with van der Waals surface area (Å²) in [5.74, 6) is 2.64. The van der Waals surface area contributed by atoms with Crippen LogP contribution in [0.1, 0.15) is 17.4 Å². The Morgan fingerprint density at radius 3 is 2.10 bits per heavy atom. The molecule has 20 heavy (non-hydrogen) atoms. The second-order valence-corrected chi connectivity index (χ2v) is 4.20. The van der Waals surface area contributed by atoms with Gasteiger partial charge in [0.1, 0.15) is 5.76 Å². The first-order chi connectivity index (χ1) is 9.74. The van der Waals surface area contributed by atoms with Gasteiger partial charge in [0.25, 0.3) is 0 Å². The lowest BCUT2D eigenvalue weighted by Crippen LogP contribution is -2.17. The van der Waals surface area contributed by atoms with Crippen molar-refractivity contribution in [3.8, 4) is 17.2 Å². The van der Waals surface area contributed by atoms with E-state index in [2.05, 4.69) is 5.32 Å². The van der Waals surface area contributed by atoms with E-state index in [4.69, 9.17) is 18.6 Å². The van der Waals surface area contributed by atoms with Gasteiger partial charge in [-0.1, -0.05) is 0 Å². The van der Waals surface area contributed by atoms with Gasteiger partial charge in [0.2, 0.25) is 5.75 Å². The Kier molecular flexibility index (Phi) is 4.53. The highest BCUT2D eigenvalue weighted by Gasteiger charge is 2.20. The van der Waals surface area contributed by atoms with Crippen LogP contribution in [-0.4, -0.2) is 28.4 Å². The fraction of sp³-hybridized carbons (Fsp3) is 0.333. The number of benzene rings is 1. The predicted octanol–water partition coefficient (Wildman–Crippen LogP) is 2.61. The quantitative estimate of drug-likeness (QED) is 0.879. The van der Waals surface area contributed by atoms with E-state index in [9.17, 15) is 0 Å². The molecule has 0 aliphatic rings. The van der Waals surface area contributed by atoms with Gasteiger partial charge >= 0.3 is 0 Å². The molecule has 0 saturated heterocycles. The van der Waals surface area contributed by atoms with Gasteiger partial charge in [-0.3, -0.25) is 0 Å². The molecule has 0 saturated carbocycles.